The molecule has 6 heteroatoms. The van der Waals surface area contributed by atoms with Gasteiger partial charge in [-0.2, -0.15) is 0 Å². The smallest absolute Gasteiger partial charge is 0.306 e. The van der Waals surface area contributed by atoms with E-state index in [-0.39, 0.29) is 12.6 Å². The van der Waals surface area contributed by atoms with Gasteiger partial charge >= 0.3 is 5.97 Å². The van der Waals surface area contributed by atoms with E-state index in [9.17, 15) is 4.79 Å². The van der Waals surface area contributed by atoms with E-state index in [0.29, 0.717) is 23.8 Å². The Kier molecular flexibility index (Phi) is 3.96. The minimum atomic E-state index is -0.209. The molecule has 0 saturated heterocycles. The molecule has 2 aromatic heterocycles. The van der Waals surface area contributed by atoms with E-state index in [4.69, 9.17) is 4.74 Å². The zero-order chi connectivity index (χ0) is 13.1. The molecule has 0 amide bonds. The lowest BCUT2D eigenvalue weighted by atomic mass is 10.1. The number of H-pyrrole nitrogens is 1. The molecular formula is C12H14BrN3O2. The van der Waals surface area contributed by atoms with Crippen molar-refractivity contribution in [2.45, 2.75) is 26.9 Å². The van der Waals surface area contributed by atoms with Crippen molar-refractivity contribution < 1.29 is 9.53 Å². The first-order chi connectivity index (χ1) is 8.54. The molecule has 5 nitrogen and oxygen atoms in total. The van der Waals surface area contributed by atoms with Gasteiger partial charge in [-0.15, -0.1) is 0 Å². The molecule has 0 saturated carbocycles. The number of ether oxygens (including phenoxy) is 1. The number of carbonyl (C=O) groups excluding carboxylic acids is 1. The van der Waals surface area contributed by atoms with Crippen molar-refractivity contribution in [3.05, 3.63) is 22.6 Å². The predicted molar refractivity (Wildman–Crippen MR) is 70.8 cm³/mol. The summed E-state index contributed by atoms with van der Waals surface area (Å²) in [5, 5.41) is 0. The first kappa shape index (κ1) is 13.0. The molecule has 0 aliphatic heterocycles. The van der Waals surface area contributed by atoms with Crippen molar-refractivity contribution in [3.8, 4) is 0 Å². The molecule has 2 aromatic rings. The fraction of sp³-hybridized carbons (Fsp3) is 0.417. The Morgan fingerprint density at radius 1 is 1.56 bits per heavy atom. The van der Waals surface area contributed by atoms with E-state index in [1.807, 2.05) is 19.9 Å². The summed E-state index contributed by atoms with van der Waals surface area (Å²) in [6.45, 7) is 4.10. The van der Waals surface area contributed by atoms with E-state index in [2.05, 4.69) is 30.9 Å². The first-order valence-electron chi connectivity index (χ1n) is 5.70. The Morgan fingerprint density at radius 2 is 2.33 bits per heavy atom. The lowest BCUT2D eigenvalue weighted by Gasteiger charge is -2.04. The third kappa shape index (κ3) is 3.29. The number of imidazole rings is 1. The molecule has 2 rings (SSSR count). The number of aromatic amines is 1. The van der Waals surface area contributed by atoms with Gasteiger partial charge in [0.1, 0.15) is 12.4 Å². The summed E-state index contributed by atoms with van der Waals surface area (Å²) in [5.41, 5.74) is 1.44. The normalized spacial score (nSPS) is 11.1. The summed E-state index contributed by atoms with van der Waals surface area (Å²) in [6.07, 6.45) is 2.10. The summed E-state index contributed by atoms with van der Waals surface area (Å²) < 4.78 is 6.00. The van der Waals surface area contributed by atoms with Crippen LogP contribution in [-0.4, -0.2) is 20.9 Å². The molecule has 18 heavy (non-hydrogen) atoms. The molecule has 1 N–H and O–H groups in total. The highest BCUT2D eigenvalue weighted by molar-refractivity contribution is 9.10. The van der Waals surface area contributed by atoms with Gasteiger partial charge in [0.25, 0.3) is 0 Å². The van der Waals surface area contributed by atoms with Crippen LogP contribution in [0.4, 0.5) is 0 Å². The van der Waals surface area contributed by atoms with Crippen molar-refractivity contribution in [2.75, 3.05) is 0 Å². The molecule has 0 aliphatic carbocycles. The van der Waals surface area contributed by atoms with Crippen molar-refractivity contribution in [1.29, 1.82) is 0 Å². The molecule has 0 unspecified atom stereocenters. The highest BCUT2D eigenvalue weighted by Crippen LogP contribution is 2.15. The van der Waals surface area contributed by atoms with Gasteiger partial charge in [-0.1, -0.05) is 13.8 Å². The quantitative estimate of drug-likeness (QED) is 0.882. The monoisotopic (exact) mass is 311 g/mol. The van der Waals surface area contributed by atoms with E-state index < -0.39 is 0 Å². The number of rotatable bonds is 4. The van der Waals surface area contributed by atoms with Gasteiger partial charge in [-0.25, -0.2) is 9.97 Å². The number of fused-ring (bicyclic) bond motifs is 1. The van der Waals surface area contributed by atoms with Gasteiger partial charge in [0.05, 0.1) is 5.52 Å². The second-order valence-corrected chi connectivity index (χ2v) is 5.38. The Labute approximate surface area is 113 Å². The van der Waals surface area contributed by atoms with E-state index in [0.717, 1.165) is 9.99 Å². The average Bonchev–Trinajstić information content (AvgIpc) is 2.67. The highest BCUT2D eigenvalue weighted by atomic mass is 79.9. The molecule has 2 heterocycles. The van der Waals surface area contributed by atoms with Crippen LogP contribution in [0.15, 0.2) is 16.7 Å². The molecule has 0 radical (unpaired) electrons. The second-order valence-electron chi connectivity index (χ2n) is 4.47. The molecule has 0 fully saturated rings. The molecule has 0 aliphatic rings. The van der Waals surface area contributed by atoms with E-state index in [1.165, 1.54) is 0 Å². The van der Waals surface area contributed by atoms with Crippen LogP contribution in [0.25, 0.3) is 11.2 Å². The number of nitrogens with zero attached hydrogens (tertiary/aromatic N) is 2. The second kappa shape index (κ2) is 5.48. The summed E-state index contributed by atoms with van der Waals surface area (Å²) in [6, 6.07) is 1.88. The average molecular weight is 312 g/mol. The van der Waals surface area contributed by atoms with Crippen LogP contribution < -0.4 is 0 Å². The number of pyridine rings is 1. The fourth-order valence-corrected chi connectivity index (χ4v) is 1.87. The maximum absolute atomic E-state index is 11.4. The number of carbonyl (C=O) groups is 1. The Balaban J connectivity index is 2.02. The molecule has 96 valence electrons. The topological polar surface area (TPSA) is 67.9 Å². The van der Waals surface area contributed by atoms with Crippen molar-refractivity contribution in [3.63, 3.8) is 0 Å². The number of hydrogen-bond acceptors (Lipinski definition) is 4. The van der Waals surface area contributed by atoms with Gasteiger partial charge in [-0.3, -0.25) is 4.79 Å². The van der Waals surface area contributed by atoms with Crippen LogP contribution in [0, 0.1) is 5.92 Å². The highest BCUT2D eigenvalue weighted by Gasteiger charge is 2.09. The molecule has 0 bridgehead atoms. The van der Waals surface area contributed by atoms with Crippen molar-refractivity contribution >= 4 is 33.1 Å². The van der Waals surface area contributed by atoms with Gasteiger partial charge in [-0.05, 0) is 27.9 Å². The van der Waals surface area contributed by atoms with E-state index >= 15 is 0 Å². The van der Waals surface area contributed by atoms with Gasteiger partial charge in [0, 0.05) is 17.1 Å². The predicted octanol–water partition coefficient (Wildman–Crippen LogP) is 2.81. The lowest BCUT2D eigenvalue weighted by molar-refractivity contribution is -0.146. The maximum Gasteiger partial charge on any atom is 0.306 e. The number of nitrogens with one attached hydrogen (secondary N) is 1. The standard InChI is InChI=1S/C12H14BrN3O2/c1-7(2)3-11(17)18-6-10-15-9-4-8(13)5-14-12(9)16-10/h4-5,7H,3,6H2,1-2H3,(H,14,15,16). The fourth-order valence-electron chi connectivity index (χ4n) is 1.53. The summed E-state index contributed by atoms with van der Waals surface area (Å²) >= 11 is 3.34. The first-order valence-corrected chi connectivity index (χ1v) is 6.49. The molecular weight excluding hydrogens is 298 g/mol. The van der Waals surface area contributed by atoms with Crippen LogP contribution in [0.3, 0.4) is 0 Å². The molecule has 0 atom stereocenters. The van der Waals surface area contributed by atoms with Gasteiger partial charge in [0.2, 0.25) is 0 Å². The lowest BCUT2D eigenvalue weighted by Crippen LogP contribution is -2.08. The van der Waals surface area contributed by atoms with Crippen LogP contribution in [0.1, 0.15) is 26.1 Å². The Hall–Kier alpha value is -1.43. The number of aromatic nitrogens is 3. The van der Waals surface area contributed by atoms with Crippen molar-refractivity contribution in [2.24, 2.45) is 5.92 Å². The SMILES string of the molecule is CC(C)CC(=O)OCc1nc2ncc(Br)cc2[nH]1. The van der Waals surface area contributed by atoms with Crippen LogP contribution in [0.5, 0.6) is 0 Å². The zero-order valence-electron chi connectivity index (χ0n) is 10.2. The summed E-state index contributed by atoms with van der Waals surface area (Å²) in [7, 11) is 0. The molecule has 0 aromatic carbocycles. The zero-order valence-corrected chi connectivity index (χ0v) is 11.8. The Bertz CT molecular complexity index is 565. The van der Waals surface area contributed by atoms with Crippen LogP contribution in [0.2, 0.25) is 0 Å². The summed E-state index contributed by atoms with van der Waals surface area (Å²) in [5.74, 6) is 0.693. The third-order valence-corrected chi connectivity index (χ3v) is 2.73. The number of esters is 1. The van der Waals surface area contributed by atoms with E-state index in [1.54, 1.807) is 6.20 Å². The third-order valence-electron chi connectivity index (χ3n) is 2.30. The van der Waals surface area contributed by atoms with Gasteiger partial charge in [0.15, 0.2) is 5.65 Å². The maximum atomic E-state index is 11.4. The summed E-state index contributed by atoms with van der Waals surface area (Å²) in [4.78, 5) is 22.9. The number of hydrogen-bond donors (Lipinski definition) is 1. The van der Waals surface area contributed by atoms with Gasteiger partial charge < -0.3 is 9.72 Å². The Morgan fingerprint density at radius 3 is 3.06 bits per heavy atom. The van der Waals surface area contributed by atoms with Crippen LogP contribution in [-0.2, 0) is 16.1 Å². The number of halogens is 1. The largest absolute Gasteiger partial charge is 0.458 e. The van der Waals surface area contributed by atoms with Crippen LogP contribution >= 0.6 is 15.9 Å². The molecule has 0 spiro atoms. The van der Waals surface area contributed by atoms with Crippen molar-refractivity contribution in [1.82, 2.24) is 15.0 Å². The minimum Gasteiger partial charge on any atom is -0.458 e. The minimum absolute atomic E-state index is 0.152.